The molecule has 1 heterocycles. The zero-order valence-corrected chi connectivity index (χ0v) is 8.84. The van der Waals surface area contributed by atoms with Gasteiger partial charge < -0.3 is 4.74 Å². The van der Waals surface area contributed by atoms with E-state index in [1.165, 1.54) is 22.3 Å². The summed E-state index contributed by atoms with van der Waals surface area (Å²) in [5.74, 6) is 0. The second-order valence-corrected chi connectivity index (χ2v) is 3.91. The predicted octanol–water partition coefficient (Wildman–Crippen LogP) is 3.10. The van der Waals surface area contributed by atoms with E-state index in [0.717, 1.165) is 13.0 Å². The maximum absolute atomic E-state index is 5.63. The van der Waals surface area contributed by atoms with Gasteiger partial charge in [0.1, 0.15) is 6.10 Å². The van der Waals surface area contributed by atoms with Crippen LogP contribution < -0.4 is 0 Å². The smallest absolute Gasteiger partial charge is 0.101 e. The van der Waals surface area contributed by atoms with Crippen molar-refractivity contribution in [1.82, 2.24) is 0 Å². The minimum absolute atomic E-state index is 0.0954. The SMILES string of the molecule is C=C[C@@H]1OCCc2cc(C)c(C)cc21. The number of fused-ring (bicyclic) bond motifs is 1. The maximum Gasteiger partial charge on any atom is 0.101 e. The van der Waals surface area contributed by atoms with Crippen molar-refractivity contribution >= 4 is 0 Å². The van der Waals surface area contributed by atoms with Crippen LogP contribution in [0, 0.1) is 13.8 Å². The highest BCUT2D eigenvalue weighted by atomic mass is 16.5. The van der Waals surface area contributed by atoms with Gasteiger partial charge in [0.2, 0.25) is 0 Å². The predicted molar refractivity (Wildman–Crippen MR) is 58.5 cm³/mol. The minimum atomic E-state index is 0.0954. The van der Waals surface area contributed by atoms with E-state index in [2.05, 4.69) is 32.6 Å². The molecule has 14 heavy (non-hydrogen) atoms. The Labute approximate surface area is 85.4 Å². The molecule has 0 N–H and O–H groups in total. The van der Waals surface area contributed by atoms with Crippen molar-refractivity contribution < 1.29 is 4.74 Å². The number of rotatable bonds is 1. The first-order valence-corrected chi connectivity index (χ1v) is 5.06. The van der Waals surface area contributed by atoms with Crippen molar-refractivity contribution in [2.45, 2.75) is 26.4 Å². The lowest BCUT2D eigenvalue weighted by Gasteiger charge is -2.24. The van der Waals surface area contributed by atoms with Crippen LogP contribution in [0.2, 0.25) is 0 Å². The third-order valence-corrected chi connectivity index (χ3v) is 2.94. The van der Waals surface area contributed by atoms with Crippen molar-refractivity contribution in [3.63, 3.8) is 0 Å². The Morgan fingerprint density at radius 3 is 2.79 bits per heavy atom. The van der Waals surface area contributed by atoms with Crippen molar-refractivity contribution in [3.8, 4) is 0 Å². The van der Waals surface area contributed by atoms with Crippen LogP contribution in [0.15, 0.2) is 24.8 Å². The van der Waals surface area contributed by atoms with Crippen LogP contribution in [0.25, 0.3) is 0 Å². The Morgan fingerprint density at radius 2 is 2.07 bits per heavy atom. The molecule has 74 valence electrons. The third kappa shape index (κ3) is 1.48. The van der Waals surface area contributed by atoms with Gasteiger partial charge in [0.15, 0.2) is 0 Å². The van der Waals surface area contributed by atoms with Crippen LogP contribution in [-0.4, -0.2) is 6.61 Å². The molecule has 1 aliphatic heterocycles. The number of hydrogen-bond donors (Lipinski definition) is 0. The summed E-state index contributed by atoms with van der Waals surface area (Å²) in [7, 11) is 0. The average Bonchev–Trinajstić information content (AvgIpc) is 2.19. The van der Waals surface area contributed by atoms with Gasteiger partial charge in [-0.15, -0.1) is 6.58 Å². The Hall–Kier alpha value is -1.08. The Kier molecular flexibility index (Phi) is 2.42. The second kappa shape index (κ2) is 3.58. The molecule has 0 spiro atoms. The summed E-state index contributed by atoms with van der Waals surface area (Å²) in [6.07, 6.45) is 3.01. The molecule has 0 saturated heterocycles. The van der Waals surface area contributed by atoms with Crippen molar-refractivity contribution in [3.05, 3.63) is 47.0 Å². The minimum Gasteiger partial charge on any atom is -0.369 e. The largest absolute Gasteiger partial charge is 0.369 e. The molecule has 0 fully saturated rings. The molecular formula is C13H16O. The zero-order chi connectivity index (χ0) is 10.1. The van der Waals surface area contributed by atoms with Gasteiger partial charge in [0.25, 0.3) is 0 Å². The molecule has 1 aromatic carbocycles. The molecule has 1 aliphatic rings. The quantitative estimate of drug-likeness (QED) is 0.615. The van der Waals surface area contributed by atoms with Gasteiger partial charge in [-0.25, -0.2) is 0 Å². The van der Waals surface area contributed by atoms with Gasteiger partial charge in [-0.2, -0.15) is 0 Å². The topological polar surface area (TPSA) is 9.23 Å². The molecule has 0 amide bonds. The lowest BCUT2D eigenvalue weighted by molar-refractivity contribution is 0.0752. The van der Waals surface area contributed by atoms with Crippen LogP contribution >= 0.6 is 0 Å². The lowest BCUT2D eigenvalue weighted by atomic mass is 9.93. The van der Waals surface area contributed by atoms with Crippen LogP contribution in [0.1, 0.15) is 28.4 Å². The zero-order valence-electron chi connectivity index (χ0n) is 8.84. The Morgan fingerprint density at radius 1 is 1.36 bits per heavy atom. The first kappa shape index (κ1) is 9.47. The molecule has 1 heteroatoms. The second-order valence-electron chi connectivity index (χ2n) is 3.91. The van der Waals surface area contributed by atoms with Crippen LogP contribution in [-0.2, 0) is 11.2 Å². The lowest BCUT2D eigenvalue weighted by Crippen LogP contribution is -2.15. The summed E-state index contributed by atoms with van der Waals surface area (Å²) in [6.45, 7) is 8.93. The van der Waals surface area contributed by atoms with Crippen molar-refractivity contribution in [2.75, 3.05) is 6.61 Å². The van der Waals surface area contributed by atoms with E-state index in [1.807, 2.05) is 6.08 Å². The van der Waals surface area contributed by atoms with E-state index in [0.29, 0.717) is 0 Å². The molecule has 1 aromatic rings. The molecule has 0 radical (unpaired) electrons. The average molecular weight is 188 g/mol. The Bertz CT molecular complexity index is 366. The fraction of sp³-hybridized carbons (Fsp3) is 0.385. The van der Waals surface area contributed by atoms with Gasteiger partial charge in [0, 0.05) is 0 Å². The van der Waals surface area contributed by atoms with Gasteiger partial charge in [-0.1, -0.05) is 18.2 Å². The van der Waals surface area contributed by atoms with E-state index in [-0.39, 0.29) is 6.10 Å². The highest BCUT2D eigenvalue weighted by Crippen LogP contribution is 2.29. The summed E-state index contributed by atoms with van der Waals surface area (Å²) in [5.41, 5.74) is 5.42. The van der Waals surface area contributed by atoms with Crippen LogP contribution in [0.5, 0.6) is 0 Å². The molecule has 0 aliphatic carbocycles. The standard InChI is InChI=1S/C13H16O/c1-4-13-12-8-10(3)9(2)7-11(12)5-6-14-13/h4,7-8,13H,1,5-6H2,2-3H3/t13-/m0/s1. The van der Waals surface area contributed by atoms with E-state index in [1.54, 1.807) is 0 Å². The highest BCUT2D eigenvalue weighted by Gasteiger charge is 2.18. The normalized spacial score (nSPS) is 20.3. The first-order valence-electron chi connectivity index (χ1n) is 5.06. The summed E-state index contributed by atoms with van der Waals surface area (Å²) >= 11 is 0. The van der Waals surface area contributed by atoms with Crippen LogP contribution in [0.3, 0.4) is 0 Å². The van der Waals surface area contributed by atoms with Crippen molar-refractivity contribution in [2.24, 2.45) is 0 Å². The number of benzene rings is 1. The van der Waals surface area contributed by atoms with Gasteiger partial charge in [0.05, 0.1) is 6.61 Å². The number of aryl methyl sites for hydroxylation is 2. The fourth-order valence-corrected chi connectivity index (χ4v) is 1.96. The molecule has 0 bridgehead atoms. The molecule has 0 saturated carbocycles. The number of ether oxygens (including phenoxy) is 1. The van der Waals surface area contributed by atoms with E-state index in [4.69, 9.17) is 4.74 Å². The van der Waals surface area contributed by atoms with E-state index in [9.17, 15) is 0 Å². The van der Waals surface area contributed by atoms with Gasteiger partial charge in [-0.05, 0) is 42.5 Å². The summed E-state index contributed by atoms with van der Waals surface area (Å²) < 4.78 is 5.63. The highest BCUT2D eigenvalue weighted by molar-refractivity contribution is 5.40. The van der Waals surface area contributed by atoms with Gasteiger partial charge in [-0.3, -0.25) is 0 Å². The number of hydrogen-bond acceptors (Lipinski definition) is 1. The first-order chi connectivity index (χ1) is 6.72. The van der Waals surface area contributed by atoms with Crippen molar-refractivity contribution in [1.29, 1.82) is 0 Å². The Balaban J connectivity index is 2.52. The molecular weight excluding hydrogens is 172 g/mol. The molecule has 1 nitrogen and oxygen atoms in total. The molecule has 2 rings (SSSR count). The fourth-order valence-electron chi connectivity index (χ4n) is 1.96. The summed E-state index contributed by atoms with van der Waals surface area (Å²) in [4.78, 5) is 0. The van der Waals surface area contributed by atoms with Crippen LogP contribution in [0.4, 0.5) is 0 Å². The summed E-state index contributed by atoms with van der Waals surface area (Å²) in [5, 5.41) is 0. The molecule has 0 unspecified atom stereocenters. The van der Waals surface area contributed by atoms with Gasteiger partial charge >= 0.3 is 0 Å². The van der Waals surface area contributed by atoms with E-state index < -0.39 is 0 Å². The third-order valence-electron chi connectivity index (χ3n) is 2.94. The monoisotopic (exact) mass is 188 g/mol. The molecule has 1 atom stereocenters. The molecule has 0 aromatic heterocycles. The maximum atomic E-state index is 5.63. The van der Waals surface area contributed by atoms with E-state index >= 15 is 0 Å². The summed E-state index contributed by atoms with van der Waals surface area (Å²) in [6, 6.07) is 4.51.